The Bertz CT molecular complexity index is 406. The summed E-state index contributed by atoms with van der Waals surface area (Å²) < 4.78 is 0. The molecule has 3 N–H and O–H groups in total. The number of hydrogen-bond acceptors (Lipinski definition) is 3. The number of rotatable bonds is 7. The van der Waals surface area contributed by atoms with Gasteiger partial charge in [0.1, 0.15) is 0 Å². The molecule has 0 amide bonds. The SMILES string of the molecule is CCNC(=NCC(O)c1ccc(C)cc1)NCCSC. The van der Waals surface area contributed by atoms with Gasteiger partial charge in [-0.2, -0.15) is 11.8 Å². The number of aliphatic hydroxyl groups is 1. The van der Waals surface area contributed by atoms with E-state index in [1.165, 1.54) is 5.56 Å². The van der Waals surface area contributed by atoms with Crippen molar-refractivity contribution in [2.24, 2.45) is 4.99 Å². The molecule has 20 heavy (non-hydrogen) atoms. The molecular formula is C15H25N3OS. The number of benzene rings is 1. The van der Waals surface area contributed by atoms with Gasteiger partial charge in [-0.15, -0.1) is 0 Å². The highest BCUT2D eigenvalue weighted by Crippen LogP contribution is 2.13. The van der Waals surface area contributed by atoms with Crippen LogP contribution in [0.1, 0.15) is 24.2 Å². The Balaban J connectivity index is 2.54. The summed E-state index contributed by atoms with van der Waals surface area (Å²) in [5.41, 5.74) is 2.09. The molecule has 0 aromatic heterocycles. The van der Waals surface area contributed by atoms with Crippen LogP contribution in [-0.2, 0) is 0 Å². The molecule has 112 valence electrons. The van der Waals surface area contributed by atoms with E-state index in [4.69, 9.17) is 0 Å². The van der Waals surface area contributed by atoms with E-state index < -0.39 is 6.10 Å². The van der Waals surface area contributed by atoms with Gasteiger partial charge in [-0.25, -0.2) is 0 Å². The molecule has 1 unspecified atom stereocenters. The quantitative estimate of drug-likeness (QED) is 0.409. The Morgan fingerprint density at radius 3 is 2.60 bits per heavy atom. The van der Waals surface area contributed by atoms with Crippen LogP contribution in [-0.4, -0.2) is 42.7 Å². The van der Waals surface area contributed by atoms with Crippen LogP contribution in [0, 0.1) is 6.92 Å². The molecule has 1 aromatic rings. The van der Waals surface area contributed by atoms with Crippen molar-refractivity contribution in [3.63, 3.8) is 0 Å². The zero-order chi connectivity index (χ0) is 14.8. The van der Waals surface area contributed by atoms with Gasteiger partial charge in [-0.3, -0.25) is 4.99 Å². The van der Waals surface area contributed by atoms with Gasteiger partial charge >= 0.3 is 0 Å². The van der Waals surface area contributed by atoms with Crippen LogP contribution in [0.15, 0.2) is 29.3 Å². The fourth-order valence-electron chi connectivity index (χ4n) is 1.69. The number of aliphatic hydroxyl groups excluding tert-OH is 1. The highest BCUT2D eigenvalue weighted by molar-refractivity contribution is 7.98. The van der Waals surface area contributed by atoms with Crippen LogP contribution in [0.5, 0.6) is 0 Å². The minimum Gasteiger partial charge on any atom is -0.386 e. The number of aryl methyl sites for hydroxylation is 1. The lowest BCUT2D eigenvalue weighted by atomic mass is 10.1. The second-order valence-electron chi connectivity index (χ2n) is 4.57. The van der Waals surface area contributed by atoms with Crippen molar-refractivity contribution in [3.8, 4) is 0 Å². The van der Waals surface area contributed by atoms with Crippen LogP contribution < -0.4 is 10.6 Å². The maximum absolute atomic E-state index is 10.1. The molecular weight excluding hydrogens is 270 g/mol. The van der Waals surface area contributed by atoms with Gasteiger partial charge in [-0.1, -0.05) is 29.8 Å². The van der Waals surface area contributed by atoms with Crippen molar-refractivity contribution in [1.82, 2.24) is 10.6 Å². The Hall–Kier alpha value is -1.20. The molecule has 0 aliphatic rings. The average Bonchev–Trinajstić information content (AvgIpc) is 2.45. The number of thioether (sulfide) groups is 1. The monoisotopic (exact) mass is 295 g/mol. The maximum Gasteiger partial charge on any atom is 0.191 e. The number of aliphatic imine (C=N–C) groups is 1. The lowest BCUT2D eigenvalue weighted by Crippen LogP contribution is -2.38. The summed E-state index contributed by atoms with van der Waals surface area (Å²) in [4.78, 5) is 4.42. The molecule has 0 saturated carbocycles. The van der Waals surface area contributed by atoms with Gasteiger partial charge < -0.3 is 15.7 Å². The third-order valence-corrected chi connectivity index (χ3v) is 3.44. The average molecular weight is 295 g/mol. The number of hydrogen-bond donors (Lipinski definition) is 3. The molecule has 0 radical (unpaired) electrons. The summed E-state index contributed by atoms with van der Waals surface area (Å²) in [7, 11) is 0. The Kier molecular flexibility index (Phi) is 8.14. The molecule has 5 heteroatoms. The minimum atomic E-state index is -0.563. The fraction of sp³-hybridized carbons (Fsp3) is 0.533. The van der Waals surface area contributed by atoms with Gasteiger partial charge in [0, 0.05) is 18.8 Å². The van der Waals surface area contributed by atoms with Crippen molar-refractivity contribution in [1.29, 1.82) is 0 Å². The molecule has 1 rings (SSSR count). The highest BCUT2D eigenvalue weighted by Gasteiger charge is 2.07. The van der Waals surface area contributed by atoms with E-state index in [-0.39, 0.29) is 0 Å². The van der Waals surface area contributed by atoms with Gasteiger partial charge in [0.25, 0.3) is 0 Å². The first kappa shape index (κ1) is 16.9. The molecule has 1 aromatic carbocycles. The summed E-state index contributed by atoms with van der Waals surface area (Å²) in [5, 5.41) is 16.6. The second-order valence-corrected chi connectivity index (χ2v) is 5.55. The first-order chi connectivity index (χ1) is 9.67. The predicted octanol–water partition coefficient (Wildman–Crippen LogP) is 1.95. The molecule has 0 spiro atoms. The van der Waals surface area contributed by atoms with Crippen LogP contribution in [0.4, 0.5) is 0 Å². The van der Waals surface area contributed by atoms with Crippen LogP contribution in [0.3, 0.4) is 0 Å². The molecule has 4 nitrogen and oxygen atoms in total. The lowest BCUT2D eigenvalue weighted by Gasteiger charge is -2.13. The Morgan fingerprint density at radius 2 is 2.00 bits per heavy atom. The molecule has 0 aliphatic carbocycles. The van der Waals surface area contributed by atoms with E-state index in [0.29, 0.717) is 6.54 Å². The van der Waals surface area contributed by atoms with Gasteiger partial charge in [0.2, 0.25) is 0 Å². The van der Waals surface area contributed by atoms with E-state index in [1.54, 1.807) is 11.8 Å². The zero-order valence-electron chi connectivity index (χ0n) is 12.5. The number of nitrogens with one attached hydrogen (secondary N) is 2. The van der Waals surface area contributed by atoms with E-state index in [2.05, 4.69) is 21.9 Å². The van der Waals surface area contributed by atoms with Crippen molar-refractivity contribution in [2.75, 3.05) is 31.6 Å². The van der Waals surface area contributed by atoms with Crippen molar-refractivity contribution < 1.29 is 5.11 Å². The summed E-state index contributed by atoms with van der Waals surface area (Å²) in [6.45, 7) is 6.10. The number of guanidine groups is 1. The van der Waals surface area contributed by atoms with E-state index in [9.17, 15) is 5.11 Å². The molecule has 0 heterocycles. The van der Waals surface area contributed by atoms with E-state index in [1.807, 2.05) is 38.1 Å². The molecule has 0 saturated heterocycles. The van der Waals surface area contributed by atoms with Crippen LogP contribution >= 0.6 is 11.8 Å². The smallest absolute Gasteiger partial charge is 0.191 e. The standard InChI is InChI=1S/C15H25N3OS/c1-4-16-15(17-9-10-20-3)18-11-14(19)13-7-5-12(2)6-8-13/h5-8,14,19H,4,9-11H2,1-3H3,(H2,16,17,18). The fourth-order valence-corrected chi connectivity index (χ4v) is 1.99. The third-order valence-electron chi connectivity index (χ3n) is 2.83. The highest BCUT2D eigenvalue weighted by atomic mass is 32.2. The summed E-state index contributed by atoms with van der Waals surface area (Å²) in [5.74, 6) is 1.79. The molecule has 1 atom stereocenters. The summed E-state index contributed by atoms with van der Waals surface area (Å²) in [6, 6.07) is 7.90. The topological polar surface area (TPSA) is 56.7 Å². The van der Waals surface area contributed by atoms with Gasteiger partial charge in [-0.05, 0) is 25.7 Å². The normalized spacial score (nSPS) is 13.1. The van der Waals surface area contributed by atoms with Crippen molar-refractivity contribution in [3.05, 3.63) is 35.4 Å². The first-order valence-corrected chi connectivity index (χ1v) is 8.32. The van der Waals surface area contributed by atoms with Crippen molar-refractivity contribution in [2.45, 2.75) is 20.0 Å². The van der Waals surface area contributed by atoms with Crippen LogP contribution in [0.25, 0.3) is 0 Å². The van der Waals surface area contributed by atoms with Crippen molar-refractivity contribution >= 4 is 17.7 Å². The summed E-state index contributed by atoms with van der Waals surface area (Å²) >= 11 is 1.79. The maximum atomic E-state index is 10.1. The summed E-state index contributed by atoms with van der Waals surface area (Å²) in [6.07, 6.45) is 1.51. The molecule has 0 bridgehead atoms. The van der Waals surface area contributed by atoms with E-state index in [0.717, 1.165) is 30.4 Å². The second kappa shape index (κ2) is 9.66. The van der Waals surface area contributed by atoms with Gasteiger partial charge in [0.05, 0.1) is 12.6 Å². The third kappa shape index (κ3) is 6.30. The van der Waals surface area contributed by atoms with E-state index >= 15 is 0 Å². The predicted molar refractivity (Wildman–Crippen MR) is 88.5 cm³/mol. The Morgan fingerprint density at radius 1 is 1.30 bits per heavy atom. The Labute approximate surface area is 126 Å². The van der Waals surface area contributed by atoms with Crippen LogP contribution in [0.2, 0.25) is 0 Å². The molecule has 0 fully saturated rings. The van der Waals surface area contributed by atoms with Gasteiger partial charge in [0.15, 0.2) is 5.96 Å². The largest absolute Gasteiger partial charge is 0.386 e. The number of nitrogens with zero attached hydrogens (tertiary/aromatic N) is 1. The first-order valence-electron chi connectivity index (χ1n) is 6.93. The lowest BCUT2D eigenvalue weighted by molar-refractivity contribution is 0.187. The zero-order valence-corrected chi connectivity index (χ0v) is 13.3. The minimum absolute atomic E-state index is 0.359. The molecule has 0 aliphatic heterocycles.